The van der Waals surface area contributed by atoms with Gasteiger partial charge in [-0.1, -0.05) is 11.6 Å². The largest absolute Gasteiger partial charge is 0.453 e. The maximum absolute atomic E-state index is 11.9. The van der Waals surface area contributed by atoms with Gasteiger partial charge in [0.2, 0.25) is 5.78 Å². The Labute approximate surface area is 111 Å². The highest BCUT2D eigenvalue weighted by atomic mass is 35.5. The van der Waals surface area contributed by atoms with Gasteiger partial charge >= 0.3 is 0 Å². The van der Waals surface area contributed by atoms with Crippen LogP contribution in [0.25, 0.3) is 11.0 Å². The van der Waals surface area contributed by atoms with Gasteiger partial charge in [0, 0.05) is 10.4 Å². The third-order valence-electron chi connectivity index (χ3n) is 2.39. The molecule has 4 heteroatoms. The Hall–Kier alpha value is -1.32. The summed E-state index contributed by atoms with van der Waals surface area (Å²) in [6, 6.07) is 6.93. The normalized spacial score (nSPS) is 12.0. The Morgan fingerprint density at radius 1 is 1.33 bits per heavy atom. The molecule has 3 nitrogen and oxygen atoms in total. The van der Waals surface area contributed by atoms with Crippen LogP contribution in [0.2, 0.25) is 5.02 Å². The average molecular weight is 267 g/mol. The Balaban J connectivity index is 2.18. The average Bonchev–Trinajstić information content (AvgIpc) is 2.67. The quantitative estimate of drug-likeness (QED) is 0.786. The van der Waals surface area contributed by atoms with E-state index in [1.165, 1.54) is 0 Å². The second-order valence-electron chi connectivity index (χ2n) is 5.12. The number of halogens is 1. The number of carbonyl (C=O) groups excluding carboxylic acids is 1. The smallest absolute Gasteiger partial charge is 0.223 e. The van der Waals surface area contributed by atoms with Crippen molar-refractivity contribution in [2.45, 2.75) is 26.4 Å². The van der Waals surface area contributed by atoms with Gasteiger partial charge in [-0.15, -0.1) is 0 Å². The van der Waals surface area contributed by atoms with Crippen molar-refractivity contribution in [1.29, 1.82) is 0 Å². The number of ether oxygens (including phenoxy) is 1. The molecule has 0 atom stereocenters. The molecular formula is C14H15ClO3. The number of fused-ring (bicyclic) bond motifs is 1. The minimum Gasteiger partial charge on any atom is -0.453 e. The molecule has 1 heterocycles. The highest BCUT2D eigenvalue weighted by Gasteiger charge is 2.17. The molecule has 1 aromatic carbocycles. The van der Waals surface area contributed by atoms with E-state index in [4.69, 9.17) is 20.8 Å². The zero-order valence-electron chi connectivity index (χ0n) is 10.6. The highest BCUT2D eigenvalue weighted by molar-refractivity contribution is 6.31. The third-order valence-corrected chi connectivity index (χ3v) is 2.62. The van der Waals surface area contributed by atoms with E-state index in [1.807, 2.05) is 20.8 Å². The van der Waals surface area contributed by atoms with Gasteiger partial charge in [-0.05, 0) is 45.0 Å². The van der Waals surface area contributed by atoms with Crippen LogP contribution in [0, 0.1) is 0 Å². The molecule has 0 unspecified atom stereocenters. The molecular weight excluding hydrogens is 252 g/mol. The lowest BCUT2D eigenvalue weighted by Gasteiger charge is -2.18. The lowest BCUT2D eigenvalue weighted by molar-refractivity contribution is 0.00213. The lowest BCUT2D eigenvalue weighted by atomic mass is 10.2. The number of furan rings is 1. The summed E-state index contributed by atoms with van der Waals surface area (Å²) in [6.45, 7) is 5.72. The van der Waals surface area contributed by atoms with E-state index in [0.717, 1.165) is 5.39 Å². The predicted molar refractivity (Wildman–Crippen MR) is 71.3 cm³/mol. The van der Waals surface area contributed by atoms with Crippen LogP contribution in [0.4, 0.5) is 0 Å². The van der Waals surface area contributed by atoms with Gasteiger partial charge < -0.3 is 9.15 Å². The summed E-state index contributed by atoms with van der Waals surface area (Å²) in [4.78, 5) is 11.9. The first kappa shape index (κ1) is 13.1. The van der Waals surface area contributed by atoms with Gasteiger partial charge in [0.25, 0.3) is 0 Å². The van der Waals surface area contributed by atoms with E-state index >= 15 is 0 Å². The van der Waals surface area contributed by atoms with E-state index in [2.05, 4.69) is 0 Å². The fourth-order valence-electron chi connectivity index (χ4n) is 1.50. The molecule has 0 saturated heterocycles. The third kappa shape index (κ3) is 3.12. The van der Waals surface area contributed by atoms with Gasteiger partial charge in [-0.3, -0.25) is 4.79 Å². The maximum atomic E-state index is 11.9. The van der Waals surface area contributed by atoms with Crippen molar-refractivity contribution in [2.75, 3.05) is 6.61 Å². The standard InChI is InChI=1S/C14H15ClO3/c1-14(2,3)17-8-11(16)13-7-9-6-10(15)4-5-12(9)18-13/h4-7H,8H2,1-3H3. The van der Waals surface area contributed by atoms with Crippen LogP contribution in [0.5, 0.6) is 0 Å². The Kier molecular flexibility index (Phi) is 3.46. The minimum atomic E-state index is -0.342. The van der Waals surface area contributed by atoms with Crippen molar-refractivity contribution in [3.63, 3.8) is 0 Å². The van der Waals surface area contributed by atoms with Crippen LogP contribution in [0.15, 0.2) is 28.7 Å². The van der Waals surface area contributed by atoms with E-state index in [0.29, 0.717) is 16.4 Å². The topological polar surface area (TPSA) is 39.4 Å². The Morgan fingerprint density at radius 3 is 2.72 bits per heavy atom. The molecule has 18 heavy (non-hydrogen) atoms. The Morgan fingerprint density at radius 2 is 2.06 bits per heavy atom. The molecule has 0 spiro atoms. The first-order valence-corrected chi connectivity index (χ1v) is 6.09. The molecule has 0 aliphatic rings. The molecule has 0 bridgehead atoms. The summed E-state index contributed by atoms with van der Waals surface area (Å²) in [5.41, 5.74) is 0.309. The van der Waals surface area contributed by atoms with Crippen LogP contribution in [-0.2, 0) is 4.74 Å². The minimum absolute atomic E-state index is 0.0110. The highest BCUT2D eigenvalue weighted by Crippen LogP contribution is 2.23. The summed E-state index contributed by atoms with van der Waals surface area (Å²) >= 11 is 5.88. The molecule has 0 saturated carbocycles. The number of benzene rings is 1. The second kappa shape index (κ2) is 4.75. The van der Waals surface area contributed by atoms with Crippen LogP contribution in [0.1, 0.15) is 31.3 Å². The van der Waals surface area contributed by atoms with E-state index < -0.39 is 0 Å². The van der Waals surface area contributed by atoms with E-state index in [-0.39, 0.29) is 18.0 Å². The molecule has 0 radical (unpaired) electrons. The second-order valence-corrected chi connectivity index (χ2v) is 5.55. The molecule has 2 aromatic rings. The molecule has 2 rings (SSSR count). The summed E-state index contributed by atoms with van der Waals surface area (Å²) in [5, 5.41) is 1.44. The predicted octanol–water partition coefficient (Wildman–Crippen LogP) is 4.08. The zero-order chi connectivity index (χ0) is 13.3. The summed E-state index contributed by atoms with van der Waals surface area (Å²) in [7, 11) is 0. The van der Waals surface area contributed by atoms with Gasteiger partial charge in [0.15, 0.2) is 5.76 Å². The van der Waals surface area contributed by atoms with Gasteiger partial charge in [-0.2, -0.15) is 0 Å². The fraction of sp³-hybridized carbons (Fsp3) is 0.357. The zero-order valence-corrected chi connectivity index (χ0v) is 11.4. The van der Waals surface area contributed by atoms with Crippen LogP contribution in [0.3, 0.4) is 0 Å². The first-order chi connectivity index (χ1) is 8.35. The van der Waals surface area contributed by atoms with Crippen molar-refractivity contribution in [2.24, 2.45) is 0 Å². The van der Waals surface area contributed by atoms with Gasteiger partial charge in [-0.25, -0.2) is 0 Å². The van der Waals surface area contributed by atoms with Crippen molar-refractivity contribution in [1.82, 2.24) is 0 Å². The van der Waals surface area contributed by atoms with Crippen LogP contribution in [-0.4, -0.2) is 18.0 Å². The number of carbonyl (C=O) groups is 1. The molecule has 0 aliphatic carbocycles. The molecule has 1 aromatic heterocycles. The molecule has 0 N–H and O–H groups in total. The summed E-state index contributed by atoms with van der Waals surface area (Å²) in [5.74, 6) is 0.133. The molecule has 0 fully saturated rings. The summed E-state index contributed by atoms with van der Waals surface area (Å²) in [6.07, 6.45) is 0. The van der Waals surface area contributed by atoms with Crippen molar-refractivity contribution in [3.05, 3.63) is 35.0 Å². The van der Waals surface area contributed by atoms with Gasteiger partial charge in [0.05, 0.1) is 5.60 Å². The fourth-order valence-corrected chi connectivity index (χ4v) is 1.69. The van der Waals surface area contributed by atoms with E-state index in [9.17, 15) is 4.79 Å². The summed E-state index contributed by atoms with van der Waals surface area (Å²) < 4.78 is 10.9. The lowest BCUT2D eigenvalue weighted by Crippen LogP contribution is -2.23. The monoisotopic (exact) mass is 266 g/mol. The number of hydrogen-bond donors (Lipinski definition) is 0. The van der Waals surface area contributed by atoms with Crippen molar-refractivity contribution in [3.8, 4) is 0 Å². The van der Waals surface area contributed by atoms with E-state index in [1.54, 1.807) is 24.3 Å². The van der Waals surface area contributed by atoms with Gasteiger partial charge in [0.1, 0.15) is 12.2 Å². The number of ketones is 1. The van der Waals surface area contributed by atoms with Crippen LogP contribution < -0.4 is 0 Å². The van der Waals surface area contributed by atoms with Crippen molar-refractivity contribution >= 4 is 28.4 Å². The Bertz CT molecular complexity index is 578. The van der Waals surface area contributed by atoms with Crippen molar-refractivity contribution < 1.29 is 13.9 Å². The maximum Gasteiger partial charge on any atom is 0.223 e. The molecule has 0 amide bonds. The van der Waals surface area contributed by atoms with Crippen LogP contribution >= 0.6 is 11.6 Å². The number of rotatable bonds is 3. The number of Topliss-reactive ketones (excluding diaryl/α,β-unsaturated/α-hetero) is 1. The molecule has 96 valence electrons. The molecule has 0 aliphatic heterocycles. The SMILES string of the molecule is CC(C)(C)OCC(=O)c1cc2cc(Cl)ccc2o1. The first-order valence-electron chi connectivity index (χ1n) is 5.71. The number of hydrogen-bond acceptors (Lipinski definition) is 3.